The van der Waals surface area contributed by atoms with Crippen LogP contribution < -0.4 is 5.32 Å². The van der Waals surface area contributed by atoms with Gasteiger partial charge in [0.05, 0.1) is 12.5 Å². The Morgan fingerprint density at radius 1 is 1.04 bits per heavy atom. The fraction of sp³-hybridized carbons (Fsp3) is 0.824. The molecule has 2 heterocycles. The molecule has 136 valence electrons. The van der Waals surface area contributed by atoms with E-state index in [1.54, 1.807) is 4.90 Å². The molecule has 24 heavy (non-hydrogen) atoms. The van der Waals surface area contributed by atoms with Gasteiger partial charge in [-0.15, -0.1) is 0 Å². The zero-order chi connectivity index (χ0) is 17.7. The fourth-order valence-corrected chi connectivity index (χ4v) is 3.03. The van der Waals surface area contributed by atoms with Gasteiger partial charge in [0.15, 0.2) is 0 Å². The van der Waals surface area contributed by atoms with Crippen molar-refractivity contribution in [1.82, 2.24) is 15.1 Å². The second-order valence-corrected chi connectivity index (χ2v) is 7.57. The van der Waals surface area contributed by atoms with E-state index in [2.05, 4.69) is 5.32 Å². The number of rotatable bonds is 3. The predicted molar refractivity (Wildman–Crippen MR) is 89.4 cm³/mol. The smallest absolute Gasteiger partial charge is 0.410 e. The summed E-state index contributed by atoms with van der Waals surface area (Å²) in [4.78, 5) is 39.7. The Balaban J connectivity index is 1.73. The molecule has 0 aromatic carbocycles. The van der Waals surface area contributed by atoms with Crippen LogP contribution >= 0.6 is 0 Å². The molecule has 0 aromatic rings. The highest BCUT2D eigenvalue weighted by Gasteiger charge is 2.33. The predicted octanol–water partition coefficient (Wildman–Crippen LogP) is 1.37. The number of nitrogens with zero attached hydrogens (tertiary/aromatic N) is 2. The molecule has 0 bridgehead atoms. The van der Waals surface area contributed by atoms with Crippen LogP contribution in [0.3, 0.4) is 0 Å². The van der Waals surface area contributed by atoms with Crippen LogP contribution in [0.1, 0.15) is 46.5 Å². The number of carbonyl (C=O) groups is 3. The second-order valence-electron chi connectivity index (χ2n) is 7.57. The van der Waals surface area contributed by atoms with E-state index in [1.807, 2.05) is 25.7 Å². The van der Waals surface area contributed by atoms with Crippen LogP contribution in [0.5, 0.6) is 0 Å². The highest BCUT2D eigenvalue weighted by molar-refractivity contribution is 5.86. The van der Waals surface area contributed by atoms with Crippen LogP contribution in [0.15, 0.2) is 0 Å². The van der Waals surface area contributed by atoms with Crippen molar-refractivity contribution in [2.75, 3.05) is 32.7 Å². The molecule has 0 aromatic heterocycles. The highest BCUT2D eigenvalue weighted by atomic mass is 16.6. The summed E-state index contributed by atoms with van der Waals surface area (Å²) in [7, 11) is 0. The van der Waals surface area contributed by atoms with Crippen LogP contribution in [-0.2, 0) is 14.3 Å². The van der Waals surface area contributed by atoms with E-state index in [1.165, 1.54) is 6.42 Å². The SMILES string of the molecule is CC(C)(C)OC(=O)N1CC[C@H](C(=O)NCC(=O)N2CCCCC2)C1. The van der Waals surface area contributed by atoms with E-state index in [-0.39, 0.29) is 30.4 Å². The summed E-state index contributed by atoms with van der Waals surface area (Å²) in [6.45, 7) is 7.91. The Morgan fingerprint density at radius 3 is 2.33 bits per heavy atom. The van der Waals surface area contributed by atoms with Crippen molar-refractivity contribution in [3.8, 4) is 0 Å². The van der Waals surface area contributed by atoms with Gasteiger partial charge < -0.3 is 19.9 Å². The minimum atomic E-state index is -0.543. The summed E-state index contributed by atoms with van der Waals surface area (Å²) in [5.41, 5.74) is -0.543. The summed E-state index contributed by atoms with van der Waals surface area (Å²) in [5.74, 6) is -0.455. The molecule has 2 saturated heterocycles. The monoisotopic (exact) mass is 339 g/mol. The lowest BCUT2D eigenvalue weighted by Crippen LogP contribution is -2.44. The fourth-order valence-electron chi connectivity index (χ4n) is 3.03. The number of piperidine rings is 1. The summed E-state index contributed by atoms with van der Waals surface area (Å²) in [6, 6.07) is 0. The molecule has 1 atom stereocenters. The largest absolute Gasteiger partial charge is 0.444 e. The van der Waals surface area contributed by atoms with Gasteiger partial charge >= 0.3 is 6.09 Å². The van der Waals surface area contributed by atoms with Crippen molar-refractivity contribution in [1.29, 1.82) is 0 Å². The first-order valence-electron chi connectivity index (χ1n) is 8.80. The van der Waals surface area contributed by atoms with Crippen LogP contribution in [0.4, 0.5) is 4.79 Å². The minimum Gasteiger partial charge on any atom is -0.444 e. The molecule has 7 heteroatoms. The van der Waals surface area contributed by atoms with Gasteiger partial charge in [-0.25, -0.2) is 4.79 Å². The Labute approximate surface area is 143 Å². The average Bonchev–Trinajstić information content (AvgIpc) is 3.01. The summed E-state index contributed by atoms with van der Waals surface area (Å²) < 4.78 is 5.32. The number of carbonyl (C=O) groups excluding carboxylic acids is 3. The minimum absolute atomic E-state index is 0.0231. The number of hydrogen-bond acceptors (Lipinski definition) is 4. The van der Waals surface area contributed by atoms with Crippen molar-refractivity contribution in [3.63, 3.8) is 0 Å². The summed E-state index contributed by atoms with van der Waals surface area (Å²) in [6.07, 6.45) is 3.45. The van der Waals surface area contributed by atoms with Gasteiger partial charge in [-0.3, -0.25) is 9.59 Å². The first-order valence-corrected chi connectivity index (χ1v) is 8.80. The molecule has 7 nitrogen and oxygen atoms in total. The first-order chi connectivity index (χ1) is 11.3. The van der Waals surface area contributed by atoms with E-state index in [9.17, 15) is 14.4 Å². The van der Waals surface area contributed by atoms with E-state index in [4.69, 9.17) is 4.74 Å². The molecule has 2 aliphatic heterocycles. The normalized spacial score (nSPS) is 21.5. The van der Waals surface area contributed by atoms with Crippen LogP contribution in [0, 0.1) is 5.92 Å². The second kappa shape index (κ2) is 7.85. The maximum absolute atomic E-state index is 12.2. The Kier molecular flexibility index (Phi) is 6.07. The summed E-state index contributed by atoms with van der Waals surface area (Å²) >= 11 is 0. The van der Waals surface area contributed by atoms with Gasteiger partial charge in [0.25, 0.3) is 0 Å². The highest BCUT2D eigenvalue weighted by Crippen LogP contribution is 2.19. The number of amides is 3. The van der Waals surface area contributed by atoms with Crippen LogP contribution in [0.2, 0.25) is 0 Å². The molecular weight excluding hydrogens is 310 g/mol. The van der Waals surface area contributed by atoms with Gasteiger partial charge in [-0.1, -0.05) is 0 Å². The molecule has 2 aliphatic rings. The zero-order valence-corrected chi connectivity index (χ0v) is 15.0. The van der Waals surface area contributed by atoms with Gasteiger partial charge in [0, 0.05) is 26.2 Å². The van der Waals surface area contributed by atoms with Gasteiger partial charge in [0.2, 0.25) is 11.8 Å². The number of nitrogens with one attached hydrogen (secondary N) is 1. The van der Waals surface area contributed by atoms with Gasteiger partial charge in [-0.2, -0.15) is 0 Å². The Hall–Kier alpha value is -1.79. The maximum atomic E-state index is 12.2. The Bertz CT molecular complexity index is 481. The molecule has 1 N–H and O–H groups in total. The quantitative estimate of drug-likeness (QED) is 0.842. The van der Waals surface area contributed by atoms with Crippen molar-refractivity contribution in [2.45, 2.75) is 52.1 Å². The van der Waals surface area contributed by atoms with Crippen molar-refractivity contribution in [3.05, 3.63) is 0 Å². The van der Waals surface area contributed by atoms with Crippen molar-refractivity contribution < 1.29 is 19.1 Å². The van der Waals surface area contributed by atoms with Crippen LogP contribution in [0.25, 0.3) is 0 Å². The molecule has 0 aliphatic carbocycles. The lowest BCUT2D eigenvalue weighted by atomic mass is 10.1. The molecule has 3 amide bonds. The van der Waals surface area contributed by atoms with E-state index < -0.39 is 5.60 Å². The number of ether oxygens (including phenoxy) is 1. The van der Waals surface area contributed by atoms with Crippen molar-refractivity contribution >= 4 is 17.9 Å². The summed E-state index contributed by atoms with van der Waals surface area (Å²) in [5, 5.41) is 2.72. The van der Waals surface area contributed by atoms with Gasteiger partial charge in [0.1, 0.15) is 5.60 Å². The number of likely N-dealkylation sites (tertiary alicyclic amines) is 2. The number of hydrogen-bond donors (Lipinski definition) is 1. The third-order valence-corrected chi connectivity index (χ3v) is 4.33. The van der Waals surface area contributed by atoms with E-state index >= 15 is 0 Å². The lowest BCUT2D eigenvalue weighted by molar-refractivity contribution is -0.134. The maximum Gasteiger partial charge on any atom is 0.410 e. The average molecular weight is 339 g/mol. The standard InChI is InChI=1S/C17H29N3O4/c1-17(2,3)24-16(23)20-10-7-13(12-20)15(22)18-11-14(21)19-8-5-4-6-9-19/h13H,4-12H2,1-3H3,(H,18,22)/t13-/m0/s1. The van der Waals surface area contributed by atoms with E-state index in [0.29, 0.717) is 19.5 Å². The van der Waals surface area contributed by atoms with Crippen LogP contribution in [-0.4, -0.2) is 66.0 Å². The molecule has 2 rings (SSSR count). The topological polar surface area (TPSA) is 79.0 Å². The molecule has 2 fully saturated rings. The molecule has 0 saturated carbocycles. The van der Waals surface area contributed by atoms with Crippen molar-refractivity contribution in [2.24, 2.45) is 5.92 Å². The Morgan fingerprint density at radius 2 is 1.71 bits per heavy atom. The molecule has 0 unspecified atom stereocenters. The lowest BCUT2D eigenvalue weighted by Gasteiger charge is -2.27. The molecular formula is C17H29N3O4. The van der Waals surface area contributed by atoms with Gasteiger partial charge in [-0.05, 0) is 46.5 Å². The van der Waals surface area contributed by atoms with E-state index in [0.717, 1.165) is 25.9 Å². The molecule has 0 radical (unpaired) electrons. The zero-order valence-electron chi connectivity index (χ0n) is 15.0. The first kappa shape index (κ1) is 18.5. The third kappa shape index (κ3) is 5.39. The third-order valence-electron chi connectivity index (χ3n) is 4.33. The molecule has 0 spiro atoms.